The molecule has 0 saturated carbocycles. The van der Waals surface area contributed by atoms with Crippen LogP contribution < -0.4 is 56.5 Å². The molecule has 0 saturated heterocycles. The van der Waals surface area contributed by atoms with Gasteiger partial charge in [-0.25, -0.2) is 0 Å². The summed E-state index contributed by atoms with van der Waals surface area (Å²) in [4.78, 5) is 21.3. The zero-order chi connectivity index (χ0) is 16.1. The van der Waals surface area contributed by atoms with E-state index in [4.69, 9.17) is 5.11 Å². The van der Waals surface area contributed by atoms with E-state index in [1.54, 1.807) is 0 Å². The summed E-state index contributed by atoms with van der Waals surface area (Å²) in [5.74, 6) is -2.11. The SMILES string of the molecule is C=CCCCCCC[N+](CO)(CCC(=O)[O-])CCC(=O)O.[K+]. The number of carboxylic acids is 2. The number of aliphatic hydroxyl groups is 1. The number of nitrogens with zero attached hydrogens (tertiary/aromatic N) is 1. The molecular weight excluding hydrogens is 313 g/mol. The second-order valence-electron chi connectivity index (χ2n) is 5.41. The van der Waals surface area contributed by atoms with Gasteiger partial charge in [0.15, 0.2) is 6.73 Å². The molecule has 7 heteroatoms. The van der Waals surface area contributed by atoms with E-state index in [1.165, 1.54) is 0 Å². The first-order chi connectivity index (χ1) is 9.95. The van der Waals surface area contributed by atoms with Gasteiger partial charge in [-0.3, -0.25) is 4.79 Å². The molecule has 0 amide bonds. The van der Waals surface area contributed by atoms with Crippen LogP contribution in [0.25, 0.3) is 0 Å². The number of rotatable bonds is 14. The standard InChI is InChI=1S/C15H27NO5.K/c1-2-3-4-5-6-7-10-16(13-17,11-8-14(18)19)12-9-15(20)21;/h2,17H,1,3-13H2,(H-,18,19,20,21);/q;+1. The molecule has 6 nitrogen and oxygen atoms in total. The van der Waals surface area contributed by atoms with Crippen LogP contribution in [0.5, 0.6) is 0 Å². The van der Waals surface area contributed by atoms with Gasteiger partial charge in [0.2, 0.25) is 0 Å². The fourth-order valence-electron chi connectivity index (χ4n) is 2.30. The van der Waals surface area contributed by atoms with Gasteiger partial charge in [0.05, 0.1) is 26.1 Å². The molecule has 0 rings (SSSR count). The van der Waals surface area contributed by atoms with Crippen LogP contribution in [-0.2, 0) is 9.59 Å². The number of carbonyl (C=O) groups excluding carboxylic acids is 1. The monoisotopic (exact) mass is 340 g/mol. The Labute approximate surface area is 175 Å². The van der Waals surface area contributed by atoms with Crippen molar-refractivity contribution in [3.63, 3.8) is 0 Å². The van der Waals surface area contributed by atoms with Crippen molar-refractivity contribution >= 4 is 11.9 Å². The maximum Gasteiger partial charge on any atom is 1.00 e. The molecule has 1 unspecified atom stereocenters. The molecule has 2 N–H and O–H groups in total. The maximum absolute atomic E-state index is 10.7. The number of aliphatic hydroxyl groups excluding tert-OH is 1. The predicted octanol–water partition coefficient (Wildman–Crippen LogP) is -2.49. The Hall–Kier alpha value is 0.236. The van der Waals surface area contributed by atoms with E-state index in [9.17, 15) is 19.8 Å². The molecule has 0 fully saturated rings. The molecule has 0 aliphatic carbocycles. The molecule has 0 aliphatic heterocycles. The van der Waals surface area contributed by atoms with Crippen LogP contribution in [0.1, 0.15) is 44.9 Å². The predicted molar refractivity (Wildman–Crippen MR) is 77.1 cm³/mol. The second kappa shape index (κ2) is 14.8. The van der Waals surface area contributed by atoms with E-state index in [0.29, 0.717) is 6.54 Å². The summed E-state index contributed by atoms with van der Waals surface area (Å²) in [5.41, 5.74) is 0. The number of quaternary nitrogens is 1. The molecule has 0 aliphatic rings. The van der Waals surface area contributed by atoms with E-state index in [1.807, 2.05) is 6.08 Å². The second-order valence-corrected chi connectivity index (χ2v) is 5.41. The van der Waals surface area contributed by atoms with E-state index in [-0.39, 0.29) is 88.5 Å². The largest absolute Gasteiger partial charge is 1.00 e. The van der Waals surface area contributed by atoms with Crippen LogP contribution in [0.4, 0.5) is 0 Å². The van der Waals surface area contributed by atoms with Crippen molar-refractivity contribution < 1.29 is 80.8 Å². The van der Waals surface area contributed by atoms with Crippen LogP contribution in [0, 0.1) is 0 Å². The summed E-state index contributed by atoms with van der Waals surface area (Å²) < 4.78 is 0.113. The number of hydrogen-bond acceptors (Lipinski definition) is 4. The van der Waals surface area contributed by atoms with E-state index in [2.05, 4.69) is 6.58 Å². The maximum atomic E-state index is 10.7. The van der Waals surface area contributed by atoms with Crippen molar-refractivity contribution in [2.24, 2.45) is 0 Å². The van der Waals surface area contributed by atoms with Crippen LogP contribution in [0.15, 0.2) is 12.7 Å². The van der Waals surface area contributed by atoms with Gasteiger partial charge in [-0.1, -0.05) is 12.5 Å². The van der Waals surface area contributed by atoms with Gasteiger partial charge in [-0.2, -0.15) is 0 Å². The third-order valence-corrected chi connectivity index (χ3v) is 3.68. The quantitative estimate of drug-likeness (QED) is 0.120. The first kappa shape index (κ1) is 24.5. The number of unbranched alkanes of at least 4 members (excludes halogenated alkanes) is 4. The summed E-state index contributed by atoms with van der Waals surface area (Å²) in [7, 11) is 0. The minimum Gasteiger partial charge on any atom is -0.550 e. The van der Waals surface area contributed by atoms with E-state index in [0.717, 1.165) is 32.1 Å². The van der Waals surface area contributed by atoms with Crippen molar-refractivity contribution in [3.05, 3.63) is 12.7 Å². The summed E-state index contributed by atoms with van der Waals surface area (Å²) in [6, 6.07) is 0. The Morgan fingerprint density at radius 1 is 1.05 bits per heavy atom. The van der Waals surface area contributed by atoms with Crippen molar-refractivity contribution in [2.75, 3.05) is 26.4 Å². The molecule has 0 aromatic heterocycles. The fraction of sp³-hybridized carbons (Fsp3) is 0.733. The smallest absolute Gasteiger partial charge is 0.550 e. The van der Waals surface area contributed by atoms with Crippen LogP contribution in [0.3, 0.4) is 0 Å². The zero-order valence-corrected chi connectivity index (χ0v) is 16.8. The average Bonchev–Trinajstić information content (AvgIpc) is 2.45. The summed E-state index contributed by atoms with van der Waals surface area (Å²) in [6.45, 7) is 4.45. The van der Waals surface area contributed by atoms with Crippen molar-refractivity contribution in [2.45, 2.75) is 44.9 Å². The van der Waals surface area contributed by atoms with Crippen LogP contribution >= 0.6 is 0 Å². The van der Waals surface area contributed by atoms with Gasteiger partial charge in [-0.15, -0.1) is 6.58 Å². The van der Waals surface area contributed by atoms with Gasteiger partial charge in [0, 0.05) is 12.4 Å². The zero-order valence-electron chi connectivity index (χ0n) is 13.6. The number of aliphatic carboxylic acids is 2. The minimum atomic E-state index is -1.17. The normalized spacial score (nSPS) is 13.0. The van der Waals surface area contributed by atoms with Crippen LogP contribution in [0.2, 0.25) is 0 Å². The molecule has 122 valence electrons. The number of allylic oxidation sites excluding steroid dienone is 1. The Bertz CT molecular complexity index is 318. The average molecular weight is 340 g/mol. The Morgan fingerprint density at radius 2 is 1.64 bits per heavy atom. The van der Waals surface area contributed by atoms with Gasteiger partial charge >= 0.3 is 57.4 Å². The topological polar surface area (TPSA) is 97.7 Å². The molecule has 0 spiro atoms. The molecule has 0 bridgehead atoms. The molecule has 0 aromatic rings. The fourth-order valence-corrected chi connectivity index (χ4v) is 2.30. The van der Waals surface area contributed by atoms with Gasteiger partial charge < -0.3 is 24.6 Å². The van der Waals surface area contributed by atoms with E-state index >= 15 is 0 Å². The first-order valence-electron chi connectivity index (χ1n) is 7.44. The van der Waals surface area contributed by atoms with Crippen molar-refractivity contribution in [1.82, 2.24) is 0 Å². The number of hydrogen-bond donors (Lipinski definition) is 2. The molecule has 0 heterocycles. The minimum absolute atomic E-state index is 0. The Morgan fingerprint density at radius 3 is 2.14 bits per heavy atom. The van der Waals surface area contributed by atoms with Gasteiger partial charge in [-0.05, 0) is 25.7 Å². The molecule has 22 heavy (non-hydrogen) atoms. The van der Waals surface area contributed by atoms with Crippen molar-refractivity contribution in [3.8, 4) is 0 Å². The van der Waals surface area contributed by atoms with Gasteiger partial charge in [0.25, 0.3) is 0 Å². The summed E-state index contributed by atoms with van der Waals surface area (Å²) in [6.07, 6.45) is 6.54. The summed E-state index contributed by atoms with van der Waals surface area (Å²) >= 11 is 0. The number of carboxylic acid groups (broad SMARTS) is 2. The van der Waals surface area contributed by atoms with E-state index < -0.39 is 11.9 Å². The first-order valence-corrected chi connectivity index (χ1v) is 7.44. The Balaban J connectivity index is 0. The molecule has 0 aromatic carbocycles. The third-order valence-electron chi connectivity index (χ3n) is 3.68. The van der Waals surface area contributed by atoms with Crippen molar-refractivity contribution in [1.29, 1.82) is 0 Å². The molecular formula is C15H27KNO5+. The van der Waals surface area contributed by atoms with Gasteiger partial charge in [0.1, 0.15) is 0 Å². The van der Waals surface area contributed by atoms with Crippen LogP contribution in [-0.4, -0.2) is 53.0 Å². The summed E-state index contributed by atoms with van der Waals surface area (Å²) in [5, 5.41) is 29.0. The molecule has 1 atom stereocenters. The molecule has 0 radical (unpaired) electrons. The third kappa shape index (κ3) is 12.7. The number of carbonyl (C=O) groups is 2. The Kier molecular flexibility index (Phi) is 16.5.